The Morgan fingerprint density at radius 3 is 2.45 bits per heavy atom. The maximum atomic E-state index is 13.1. The van der Waals surface area contributed by atoms with E-state index in [1.807, 2.05) is 44.7 Å². The zero-order valence-electron chi connectivity index (χ0n) is 19.1. The van der Waals surface area contributed by atoms with Crippen LogP contribution in [0.1, 0.15) is 65.4 Å². The Bertz CT molecular complexity index is 824. The predicted molar refractivity (Wildman–Crippen MR) is 122 cm³/mol. The molecule has 1 aliphatic heterocycles. The number of aliphatic hydroxyl groups is 1. The molecule has 3 rings (SSSR count). The molecule has 1 aromatic rings. The van der Waals surface area contributed by atoms with Crippen LogP contribution in [-0.4, -0.2) is 46.5 Å². The van der Waals surface area contributed by atoms with E-state index in [4.69, 9.17) is 17.3 Å². The molecule has 1 saturated carbocycles. The van der Waals surface area contributed by atoms with E-state index in [0.717, 1.165) is 18.4 Å². The number of amides is 2. The number of carbonyl (C=O) groups excluding carboxylic acids is 2. The first-order valence-corrected chi connectivity index (χ1v) is 11.5. The first-order chi connectivity index (χ1) is 14.3. The summed E-state index contributed by atoms with van der Waals surface area (Å²) in [6.45, 7) is 8.64. The molecule has 0 spiro atoms. The number of piperidine rings is 1. The number of nitrogens with one attached hydrogen (secondary N) is 1. The number of benzene rings is 1. The fraction of sp³-hybridized carbons (Fsp3) is 0.667. The van der Waals surface area contributed by atoms with Gasteiger partial charge in [-0.1, -0.05) is 37.6 Å². The van der Waals surface area contributed by atoms with Gasteiger partial charge in [-0.15, -0.1) is 0 Å². The molecule has 4 N–H and O–H groups in total. The van der Waals surface area contributed by atoms with Gasteiger partial charge >= 0.3 is 0 Å². The smallest absolute Gasteiger partial charge is 0.224 e. The van der Waals surface area contributed by atoms with E-state index >= 15 is 0 Å². The molecule has 1 heterocycles. The number of likely N-dealkylation sites (tertiary alicyclic amines) is 1. The van der Waals surface area contributed by atoms with Crippen molar-refractivity contribution in [1.29, 1.82) is 0 Å². The van der Waals surface area contributed by atoms with Crippen LogP contribution in [0.4, 0.5) is 0 Å². The van der Waals surface area contributed by atoms with Crippen molar-refractivity contribution >= 4 is 23.4 Å². The van der Waals surface area contributed by atoms with E-state index < -0.39 is 16.6 Å². The molecule has 0 bridgehead atoms. The monoisotopic (exact) mass is 449 g/mol. The van der Waals surface area contributed by atoms with Crippen LogP contribution < -0.4 is 11.1 Å². The summed E-state index contributed by atoms with van der Waals surface area (Å²) in [6.07, 6.45) is 3.05. The predicted octanol–water partition coefficient (Wildman–Crippen LogP) is 3.20. The lowest BCUT2D eigenvalue weighted by Crippen LogP contribution is -2.58. The van der Waals surface area contributed by atoms with Crippen LogP contribution in [0, 0.1) is 11.3 Å². The number of rotatable bonds is 5. The Hall–Kier alpha value is -1.63. The zero-order valence-corrected chi connectivity index (χ0v) is 19.8. The summed E-state index contributed by atoms with van der Waals surface area (Å²) in [7, 11) is 0. The van der Waals surface area contributed by atoms with Crippen LogP contribution in [0.5, 0.6) is 0 Å². The van der Waals surface area contributed by atoms with Gasteiger partial charge in [0.25, 0.3) is 0 Å². The van der Waals surface area contributed by atoms with Gasteiger partial charge in [0.1, 0.15) is 0 Å². The van der Waals surface area contributed by atoms with Crippen LogP contribution in [0.3, 0.4) is 0 Å². The quantitative estimate of drug-likeness (QED) is 0.643. The second-order valence-electron chi connectivity index (χ2n) is 10.6. The van der Waals surface area contributed by atoms with Crippen molar-refractivity contribution < 1.29 is 14.7 Å². The number of nitrogens with zero attached hydrogens (tertiary/aromatic N) is 1. The summed E-state index contributed by atoms with van der Waals surface area (Å²) in [5.41, 5.74) is 4.52. The van der Waals surface area contributed by atoms with Crippen molar-refractivity contribution in [3.05, 3.63) is 34.9 Å². The molecule has 31 heavy (non-hydrogen) atoms. The minimum Gasteiger partial charge on any atom is -0.384 e. The van der Waals surface area contributed by atoms with E-state index in [0.29, 0.717) is 31.0 Å². The molecule has 172 valence electrons. The first kappa shape index (κ1) is 24.0. The average molecular weight is 450 g/mol. The molecule has 0 aromatic heterocycles. The normalized spacial score (nSPS) is 28.4. The fourth-order valence-corrected chi connectivity index (χ4v) is 5.15. The second-order valence-corrected chi connectivity index (χ2v) is 11.1. The first-order valence-electron chi connectivity index (χ1n) is 11.2. The number of halogens is 1. The minimum atomic E-state index is -1.04. The molecule has 0 radical (unpaired) electrons. The van der Waals surface area contributed by atoms with Gasteiger partial charge in [0.05, 0.1) is 5.60 Å². The van der Waals surface area contributed by atoms with Crippen molar-refractivity contribution in [2.75, 3.05) is 13.1 Å². The van der Waals surface area contributed by atoms with E-state index in [1.54, 1.807) is 12.1 Å². The average Bonchev–Trinajstić information content (AvgIpc) is 3.10. The SMILES string of the molecule is CC(C)(CC(=O)N1CC[C@](O)(c2ccc(Cl)cc2)C(C)(C)C1)NC(=O)[C@@H]1CC[C@@H](N)C1. The molecule has 6 nitrogen and oxygen atoms in total. The summed E-state index contributed by atoms with van der Waals surface area (Å²) in [5, 5.41) is 15.2. The Morgan fingerprint density at radius 1 is 1.26 bits per heavy atom. The Labute approximate surface area is 190 Å². The maximum absolute atomic E-state index is 13.1. The van der Waals surface area contributed by atoms with Crippen molar-refractivity contribution in [2.45, 2.75) is 77.0 Å². The zero-order chi connectivity index (χ0) is 23.0. The van der Waals surface area contributed by atoms with Crippen LogP contribution in [0.15, 0.2) is 24.3 Å². The molecular formula is C24H36ClN3O3. The van der Waals surface area contributed by atoms with Crippen LogP contribution in [0.2, 0.25) is 5.02 Å². The summed E-state index contributed by atoms with van der Waals surface area (Å²) in [5.74, 6) is -0.0887. The summed E-state index contributed by atoms with van der Waals surface area (Å²) in [4.78, 5) is 27.5. The Morgan fingerprint density at radius 2 is 1.90 bits per heavy atom. The number of hydrogen-bond donors (Lipinski definition) is 3. The van der Waals surface area contributed by atoms with Crippen LogP contribution >= 0.6 is 11.6 Å². The van der Waals surface area contributed by atoms with Gasteiger partial charge < -0.3 is 21.1 Å². The lowest BCUT2D eigenvalue weighted by molar-refractivity contribution is -0.154. The minimum absolute atomic E-state index is 0.0122. The number of hydrogen-bond acceptors (Lipinski definition) is 4. The van der Waals surface area contributed by atoms with Gasteiger partial charge in [-0.2, -0.15) is 0 Å². The van der Waals surface area contributed by atoms with E-state index in [-0.39, 0.29) is 30.2 Å². The van der Waals surface area contributed by atoms with Crippen LogP contribution in [0.25, 0.3) is 0 Å². The third-order valence-electron chi connectivity index (χ3n) is 7.02. The molecule has 7 heteroatoms. The van der Waals surface area contributed by atoms with Crippen molar-refractivity contribution in [1.82, 2.24) is 10.2 Å². The summed E-state index contributed by atoms with van der Waals surface area (Å²) < 4.78 is 0. The van der Waals surface area contributed by atoms with Crippen molar-refractivity contribution in [2.24, 2.45) is 17.1 Å². The molecule has 2 fully saturated rings. The highest BCUT2D eigenvalue weighted by atomic mass is 35.5. The van der Waals surface area contributed by atoms with Crippen LogP contribution in [-0.2, 0) is 15.2 Å². The molecule has 2 amide bonds. The molecule has 1 aromatic carbocycles. The van der Waals surface area contributed by atoms with Gasteiger partial charge in [-0.05, 0) is 57.2 Å². The van der Waals surface area contributed by atoms with E-state index in [9.17, 15) is 14.7 Å². The largest absolute Gasteiger partial charge is 0.384 e. The number of nitrogens with two attached hydrogens (primary N) is 1. The standard InChI is InChI=1S/C24H36ClN3O3/c1-22(2)15-28(12-11-24(22,31)17-6-8-18(25)9-7-17)20(29)14-23(3,4)27-21(30)16-5-10-19(26)13-16/h6-9,16,19,31H,5,10-15,26H2,1-4H3,(H,27,30)/t16-,19-,24+/m1/s1. The molecule has 0 unspecified atom stereocenters. The fourth-order valence-electron chi connectivity index (χ4n) is 5.02. The molecule has 1 saturated heterocycles. The van der Waals surface area contributed by atoms with Gasteiger partial charge in [0.15, 0.2) is 0 Å². The van der Waals surface area contributed by atoms with Gasteiger partial charge in [-0.25, -0.2) is 0 Å². The third-order valence-corrected chi connectivity index (χ3v) is 7.27. The van der Waals surface area contributed by atoms with Gasteiger partial charge in [-0.3, -0.25) is 9.59 Å². The lowest BCUT2D eigenvalue weighted by Gasteiger charge is -2.51. The molecule has 2 aliphatic rings. The van der Waals surface area contributed by atoms with Gasteiger partial charge in [0, 0.05) is 47.4 Å². The summed E-state index contributed by atoms with van der Waals surface area (Å²) >= 11 is 6.01. The maximum Gasteiger partial charge on any atom is 0.224 e. The molecular weight excluding hydrogens is 414 g/mol. The topological polar surface area (TPSA) is 95.7 Å². The highest BCUT2D eigenvalue weighted by Crippen LogP contribution is 2.46. The summed E-state index contributed by atoms with van der Waals surface area (Å²) in [6, 6.07) is 7.37. The number of carbonyl (C=O) groups is 2. The van der Waals surface area contributed by atoms with Gasteiger partial charge in [0.2, 0.25) is 11.8 Å². The highest BCUT2D eigenvalue weighted by Gasteiger charge is 2.49. The van der Waals surface area contributed by atoms with Crippen molar-refractivity contribution in [3.63, 3.8) is 0 Å². The lowest BCUT2D eigenvalue weighted by atomic mass is 9.66. The van der Waals surface area contributed by atoms with E-state index in [2.05, 4.69) is 5.32 Å². The highest BCUT2D eigenvalue weighted by molar-refractivity contribution is 6.30. The van der Waals surface area contributed by atoms with E-state index in [1.165, 1.54) is 0 Å². The molecule has 3 atom stereocenters. The second kappa shape index (κ2) is 8.72. The third kappa shape index (κ3) is 5.24. The molecule has 1 aliphatic carbocycles. The Balaban J connectivity index is 1.62. The Kier molecular flexibility index (Phi) is 6.76. The van der Waals surface area contributed by atoms with Crippen molar-refractivity contribution in [3.8, 4) is 0 Å².